The van der Waals surface area contributed by atoms with Gasteiger partial charge < -0.3 is 20.6 Å². The van der Waals surface area contributed by atoms with Crippen LogP contribution in [0.5, 0.6) is 0 Å². The smallest absolute Gasteiger partial charge is 0.335 e. The molecular weight excluding hydrogens is 410 g/mol. The van der Waals surface area contributed by atoms with E-state index in [1.165, 1.54) is 0 Å². The highest BCUT2D eigenvalue weighted by Crippen LogP contribution is 2.51. The fourth-order valence-electron chi connectivity index (χ4n) is 5.98. The van der Waals surface area contributed by atoms with Gasteiger partial charge in [0.25, 0.3) is 5.91 Å². The Morgan fingerprint density at radius 2 is 1.88 bits per heavy atom. The van der Waals surface area contributed by atoms with Gasteiger partial charge in [0, 0.05) is 18.3 Å². The third-order valence-electron chi connectivity index (χ3n) is 7.68. The summed E-state index contributed by atoms with van der Waals surface area (Å²) in [7, 11) is 0. The summed E-state index contributed by atoms with van der Waals surface area (Å²) >= 11 is 0. The van der Waals surface area contributed by atoms with Gasteiger partial charge in [-0.2, -0.15) is 0 Å². The predicted molar refractivity (Wildman–Crippen MR) is 120 cm³/mol. The van der Waals surface area contributed by atoms with Gasteiger partial charge in [0.1, 0.15) is 11.3 Å². The van der Waals surface area contributed by atoms with Gasteiger partial charge in [-0.05, 0) is 57.3 Å². The minimum Gasteiger partial charge on any atom is -0.511 e. The zero-order valence-electron chi connectivity index (χ0n) is 19.5. The summed E-state index contributed by atoms with van der Waals surface area (Å²) < 4.78 is 0. The van der Waals surface area contributed by atoms with Gasteiger partial charge in [-0.3, -0.25) is 9.59 Å². The molecule has 0 unspecified atom stereocenters. The van der Waals surface area contributed by atoms with Gasteiger partial charge in [0.2, 0.25) is 0 Å². The highest BCUT2D eigenvalue weighted by molar-refractivity contribution is 6.27. The molecule has 0 bridgehead atoms. The first-order valence-corrected chi connectivity index (χ1v) is 11.4. The number of allylic oxidation sites excluding steroid dienone is 5. The van der Waals surface area contributed by atoms with E-state index >= 15 is 0 Å². The fraction of sp³-hybridized carbons (Fsp3) is 0.640. The summed E-state index contributed by atoms with van der Waals surface area (Å²) in [5.74, 6) is -2.39. The maximum absolute atomic E-state index is 13.1. The molecule has 2 aliphatic carbocycles. The summed E-state index contributed by atoms with van der Waals surface area (Å²) in [5.41, 5.74) is -1.41. The normalized spacial score (nSPS) is 38.7. The van der Waals surface area contributed by atoms with Gasteiger partial charge in [-0.15, -0.1) is 0 Å². The van der Waals surface area contributed by atoms with Gasteiger partial charge in [0.05, 0.1) is 6.04 Å². The molecule has 0 aromatic carbocycles. The van der Waals surface area contributed by atoms with Gasteiger partial charge in [-0.1, -0.05) is 37.6 Å². The number of fused-ring (bicyclic) bond motifs is 1. The predicted octanol–water partition coefficient (Wildman–Crippen LogP) is 3.16. The van der Waals surface area contributed by atoms with Crippen LogP contribution in [0.25, 0.3) is 0 Å². The second-order valence-electron chi connectivity index (χ2n) is 10.2. The summed E-state index contributed by atoms with van der Waals surface area (Å²) in [6, 6.07) is -1.19. The molecule has 0 aromatic heterocycles. The Labute approximate surface area is 189 Å². The number of rotatable bonds is 5. The summed E-state index contributed by atoms with van der Waals surface area (Å²) in [6.45, 7) is 9.40. The molecule has 7 nitrogen and oxygen atoms in total. The van der Waals surface area contributed by atoms with E-state index in [0.29, 0.717) is 11.8 Å². The Morgan fingerprint density at radius 1 is 1.22 bits per heavy atom. The van der Waals surface area contributed by atoms with Crippen LogP contribution in [0.3, 0.4) is 0 Å². The van der Waals surface area contributed by atoms with Gasteiger partial charge in [-0.25, -0.2) is 4.79 Å². The number of hydrogen-bond donors (Lipinski definition) is 4. The second-order valence-corrected chi connectivity index (χ2v) is 10.2. The van der Waals surface area contributed by atoms with Crippen molar-refractivity contribution in [3.05, 3.63) is 35.1 Å². The molecule has 3 rings (SSSR count). The third-order valence-corrected chi connectivity index (χ3v) is 7.68. The highest BCUT2D eigenvalue weighted by atomic mass is 16.4. The zero-order chi connectivity index (χ0) is 24.0. The number of carbonyl (C=O) groups excluding carboxylic acids is 2. The van der Waals surface area contributed by atoms with E-state index in [0.717, 1.165) is 25.3 Å². The maximum Gasteiger partial charge on any atom is 0.335 e. The van der Waals surface area contributed by atoms with E-state index in [9.17, 15) is 29.7 Å². The largest absolute Gasteiger partial charge is 0.511 e. The molecular formula is C25H35NO6. The van der Waals surface area contributed by atoms with E-state index in [1.54, 1.807) is 0 Å². The topological polar surface area (TPSA) is 124 Å². The number of ketones is 1. The molecule has 0 radical (unpaired) electrons. The van der Waals surface area contributed by atoms with Crippen molar-refractivity contribution >= 4 is 17.7 Å². The van der Waals surface area contributed by atoms with Crippen LogP contribution < -0.4 is 5.32 Å². The number of aliphatic hydroxyl groups is 2. The zero-order valence-corrected chi connectivity index (χ0v) is 19.5. The Morgan fingerprint density at radius 3 is 2.47 bits per heavy atom. The van der Waals surface area contributed by atoms with Gasteiger partial charge >= 0.3 is 5.97 Å². The maximum atomic E-state index is 13.1. The average Bonchev–Trinajstić information content (AvgIpc) is 2.98. The average molecular weight is 446 g/mol. The standard InChI is InChI=1S/C25H35NO6/c1-6-13(3)16-8-7-15-10-12(2)9-14(4)18(15)19(16)22(28)20-21(27)17(26-23(20)29)11-25(5,32)24(30)31/h6-8,12,14-19,28,32H,9-11H2,1-5H3,(H,26,29)(H,30,31)/b13-6+,22-20?/t12-,14+,15-,16+,17-,18+,19-,25-/m1/s1. The van der Waals surface area contributed by atoms with Crippen molar-refractivity contribution in [3.8, 4) is 0 Å². The fourth-order valence-corrected chi connectivity index (χ4v) is 5.98. The lowest BCUT2D eigenvalue weighted by molar-refractivity contribution is -0.158. The van der Waals surface area contributed by atoms with Crippen LogP contribution in [-0.2, 0) is 14.4 Å². The number of carboxylic acids is 1. The molecule has 4 N–H and O–H groups in total. The molecule has 8 atom stereocenters. The van der Waals surface area contributed by atoms with E-state index < -0.39 is 41.6 Å². The quantitative estimate of drug-likeness (QED) is 0.223. The molecule has 1 heterocycles. The van der Waals surface area contributed by atoms with Crippen LogP contribution in [0, 0.1) is 35.5 Å². The molecule has 0 spiro atoms. The van der Waals surface area contributed by atoms with Crippen molar-refractivity contribution in [2.24, 2.45) is 35.5 Å². The Hall–Kier alpha value is -2.41. The molecule has 0 aromatic rings. The van der Waals surface area contributed by atoms with Crippen LogP contribution in [0.4, 0.5) is 0 Å². The Kier molecular flexibility index (Phi) is 6.70. The molecule has 7 heteroatoms. The molecule has 176 valence electrons. The first-order chi connectivity index (χ1) is 14.9. The second kappa shape index (κ2) is 8.85. The van der Waals surface area contributed by atoms with Crippen molar-refractivity contribution in [2.75, 3.05) is 0 Å². The van der Waals surface area contributed by atoms with Crippen LogP contribution in [0.15, 0.2) is 35.1 Å². The van der Waals surface area contributed by atoms with E-state index in [4.69, 9.17) is 0 Å². The van der Waals surface area contributed by atoms with Crippen LogP contribution in [0.2, 0.25) is 0 Å². The number of aliphatic carboxylic acids is 1. The number of aliphatic hydroxyl groups excluding tert-OH is 1. The number of amides is 1. The third kappa shape index (κ3) is 4.27. The van der Waals surface area contributed by atoms with E-state index in [2.05, 4.69) is 31.3 Å². The van der Waals surface area contributed by atoms with Gasteiger partial charge in [0.15, 0.2) is 11.4 Å². The summed E-state index contributed by atoms with van der Waals surface area (Å²) in [5, 5.41) is 33.2. The molecule has 3 aliphatic rings. The number of nitrogens with one attached hydrogen (secondary N) is 1. The SMILES string of the molecule is C/C=C(\C)[C@@H]1C=C[C@@H]2C[C@H](C)C[C@H](C)[C@@H]2[C@@H]1C(O)=C1C(=O)N[C@H](C[C@@](C)(O)C(=O)O)C1=O. The van der Waals surface area contributed by atoms with Crippen molar-refractivity contribution in [1.29, 1.82) is 0 Å². The molecule has 1 aliphatic heterocycles. The number of carbonyl (C=O) groups is 3. The number of Topliss-reactive ketones (excluding diaryl/α,β-unsaturated/α-hetero) is 1. The Bertz CT molecular complexity index is 898. The van der Waals surface area contributed by atoms with Crippen molar-refractivity contribution in [3.63, 3.8) is 0 Å². The molecule has 32 heavy (non-hydrogen) atoms. The van der Waals surface area contributed by atoms with Crippen LogP contribution in [-0.4, -0.2) is 44.6 Å². The Balaban J connectivity index is 2.04. The van der Waals surface area contributed by atoms with E-state index in [-0.39, 0.29) is 29.1 Å². The molecule has 1 saturated carbocycles. The molecule has 1 saturated heterocycles. The summed E-state index contributed by atoms with van der Waals surface area (Å²) in [6.07, 6.45) is 7.85. The van der Waals surface area contributed by atoms with Crippen molar-refractivity contribution in [1.82, 2.24) is 5.32 Å². The minimum atomic E-state index is -2.17. The monoisotopic (exact) mass is 445 g/mol. The van der Waals surface area contributed by atoms with Crippen molar-refractivity contribution in [2.45, 2.75) is 65.5 Å². The first-order valence-electron chi connectivity index (χ1n) is 11.4. The molecule has 1 amide bonds. The molecule has 2 fully saturated rings. The minimum absolute atomic E-state index is 0.0883. The number of hydrogen-bond acceptors (Lipinski definition) is 5. The van der Waals surface area contributed by atoms with Crippen molar-refractivity contribution < 1.29 is 29.7 Å². The highest BCUT2D eigenvalue weighted by Gasteiger charge is 2.49. The summed E-state index contributed by atoms with van der Waals surface area (Å²) in [4.78, 5) is 37.1. The lowest BCUT2D eigenvalue weighted by atomic mass is 9.57. The first kappa shape index (κ1) is 24.2. The van der Waals surface area contributed by atoms with Crippen LogP contribution in [0.1, 0.15) is 53.9 Å². The van der Waals surface area contributed by atoms with E-state index in [1.807, 2.05) is 19.9 Å². The van der Waals surface area contributed by atoms with Crippen LogP contribution >= 0.6 is 0 Å². The number of carboxylic acid groups (broad SMARTS) is 1. The lowest BCUT2D eigenvalue weighted by Crippen LogP contribution is -2.43. The lowest BCUT2D eigenvalue weighted by Gasteiger charge is -2.47.